The number of rotatable bonds is 3. The Balaban J connectivity index is 2.23. The Morgan fingerprint density at radius 1 is 1.44 bits per heavy atom. The smallest absolute Gasteiger partial charge is 0.294 e. The first-order chi connectivity index (χ1) is 7.69. The number of aromatic nitrogens is 1. The van der Waals surface area contributed by atoms with E-state index in [0.717, 1.165) is 22.3 Å². The van der Waals surface area contributed by atoms with Crippen LogP contribution in [0.2, 0.25) is 0 Å². The first-order valence-electron chi connectivity index (χ1n) is 5.07. The third kappa shape index (κ3) is 2.44. The van der Waals surface area contributed by atoms with E-state index in [0.29, 0.717) is 6.01 Å². The Morgan fingerprint density at radius 3 is 2.88 bits per heavy atom. The van der Waals surface area contributed by atoms with Gasteiger partial charge in [-0.05, 0) is 24.6 Å². The molecular weight excluding hydrogens is 268 g/mol. The largest absolute Gasteiger partial charge is 0.429 e. The van der Waals surface area contributed by atoms with Crippen LogP contribution < -0.4 is 5.32 Å². The number of anilines is 1. The number of aryl methyl sites for hydroxylation is 1. The fraction of sp³-hybridized carbons (Fsp3) is 0.250. The van der Waals surface area contributed by atoms with E-state index < -0.39 is 0 Å². The van der Waals surface area contributed by atoms with E-state index in [4.69, 9.17) is 4.42 Å². The van der Waals surface area contributed by atoms with Gasteiger partial charge >= 0.3 is 0 Å². The normalized spacial score (nSPS) is 10.4. The van der Waals surface area contributed by atoms with Gasteiger partial charge in [0.05, 0.1) is 5.69 Å². The second-order valence-electron chi connectivity index (χ2n) is 3.58. The number of nitrogens with one attached hydrogen (secondary N) is 1. The molecule has 16 heavy (non-hydrogen) atoms. The van der Waals surface area contributed by atoms with E-state index in [2.05, 4.69) is 38.4 Å². The van der Waals surface area contributed by atoms with Crippen LogP contribution in [0.4, 0.5) is 6.01 Å². The van der Waals surface area contributed by atoms with Crippen LogP contribution in [0.5, 0.6) is 0 Å². The zero-order valence-electron chi connectivity index (χ0n) is 9.25. The molecule has 0 atom stereocenters. The molecule has 1 N–H and O–H groups in total. The summed E-state index contributed by atoms with van der Waals surface area (Å²) in [5, 5.41) is 2.90. The van der Waals surface area contributed by atoms with Gasteiger partial charge in [0.2, 0.25) is 0 Å². The average Bonchev–Trinajstić information content (AvgIpc) is 2.60. The Morgan fingerprint density at radius 2 is 2.25 bits per heavy atom. The second-order valence-corrected chi connectivity index (χ2v) is 4.49. The third-order valence-corrected chi connectivity index (χ3v) is 2.86. The molecule has 1 aromatic carbocycles. The molecule has 3 nitrogen and oxygen atoms in total. The van der Waals surface area contributed by atoms with Crippen molar-refractivity contribution in [3.63, 3.8) is 0 Å². The molecule has 0 spiro atoms. The maximum Gasteiger partial charge on any atom is 0.294 e. The number of benzene rings is 1. The highest BCUT2D eigenvalue weighted by atomic mass is 79.9. The van der Waals surface area contributed by atoms with Gasteiger partial charge in [0, 0.05) is 17.9 Å². The molecule has 0 fully saturated rings. The van der Waals surface area contributed by atoms with E-state index in [1.54, 1.807) is 7.05 Å². The van der Waals surface area contributed by atoms with Crippen LogP contribution in [-0.4, -0.2) is 12.0 Å². The molecule has 0 aliphatic heterocycles. The van der Waals surface area contributed by atoms with E-state index >= 15 is 0 Å². The fourth-order valence-corrected chi connectivity index (χ4v) is 1.99. The van der Waals surface area contributed by atoms with Crippen molar-refractivity contribution in [2.24, 2.45) is 0 Å². The minimum Gasteiger partial charge on any atom is -0.429 e. The summed E-state index contributed by atoms with van der Waals surface area (Å²) in [5.41, 5.74) is 2.19. The molecule has 4 heteroatoms. The highest BCUT2D eigenvalue weighted by molar-refractivity contribution is 9.10. The van der Waals surface area contributed by atoms with Crippen LogP contribution >= 0.6 is 15.9 Å². The molecule has 0 aliphatic rings. The molecular formula is C12H13BrN2O. The van der Waals surface area contributed by atoms with Crippen LogP contribution in [0.25, 0.3) is 0 Å². The summed E-state index contributed by atoms with van der Waals surface area (Å²) in [5.74, 6) is 0.865. The molecule has 0 aliphatic carbocycles. The summed E-state index contributed by atoms with van der Waals surface area (Å²) in [6, 6.07) is 8.78. The van der Waals surface area contributed by atoms with Gasteiger partial charge in [-0.1, -0.05) is 28.1 Å². The predicted molar refractivity (Wildman–Crippen MR) is 67.7 cm³/mol. The van der Waals surface area contributed by atoms with Crippen molar-refractivity contribution in [2.75, 3.05) is 12.4 Å². The lowest BCUT2D eigenvalue weighted by atomic mass is 10.1. The summed E-state index contributed by atoms with van der Waals surface area (Å²) in [6.45, 7) is 1.93. The zero-order valence-corrected chi connectivity index (χ0v) is 10.8. The summed E-state index contributed by atoms with van der Waals surface area (Å²) in [6.07, 6.45) is 0.788. The first kappa shape index (κ1) is 11.2. The lowest BCUT2D eigenvalue weighted by Gasteiger charge is -1.99. The van der Waals surface area contributed by atoms with Gasteiger partial charge in [0.15, 0.2) is 0 Å². The molecule has 84 valence electrons. The molecule has 1 heterocycles. The van der Waals surface area contributed by atoms with Crippen LogP contribution in [-0.2, 0) is 6.42 Å². The van der Waals surface area contributed by atoms with E-state index in [1.807, 2.05) is 19.1 Å². The van der Waals surface area contributed by atoms with E-state index in [1.165, 1.54) is 5.56 Å². The monoisotopic (exact) mass is 280 g/mol. The van der Waals surface area contributed by atoms with Gasteiger partial charge < -0.3 is 9.73 Å². The van der Waals surface area contributed by atoms with Crippen molar-refractivity contribution in [2.45, 2.75) is 13.3 Å². The minimum absolute atomic E-state index is 0.572. The first-order valence-corrected chi connectivity index (χ1v) is 5.87. The molecule has 0 bridgehead atoms. The summed E-state index contributed by atoms with van der Waals surface area (Å²) < 4.78 is 6.52. The van der Waals surface area contributed by atoms with Gasteiger partial charge in [-0.25, -0.2) is 0 Å². The highest BCUT2D eigenvalue weighted by Gasteiger charge is 2.08. The number of hydrogen-bond acceptors (Lipinski definition) is 3. The maximum atomic E-state index is 5.43. The predicted octanol–water partition coefficient (Wildman–Crippen LogP) is 3.38. The van der Waals surface area contributed by atoms with Crippen molar-refractivity contribution < 1.29 is 4.42 Å². The Kier molecular flexibility index (Phi) is 3.29. The maximum absolute atomic E-state index is 5.43. The molecule has 0 saturated carbocycles. The molecule has 2 aromatic rings. The summed E-state index contributed by atoms with van der Waals surface area (Å²) in [4.78, 5) is 4.36. The van der Waals surface area contributed by atoms with Crippen molar-refractivity contribution >= 4 is 21.9 Å². The van der Waals surface area contributed by atoms with Crippen molar-refractivity contribution in [1.29, 1.82) is 0 Å². The molecule has 0 radical (unpaired) electrons. The van der Waals surface area contributed by atoms with Crippen LogP contribution in [0.15, 0.2) is 33.2 Å². The van der Waals surface area contributed by atoms with Crippen LogP contribution in [0, 0.1) is 6.92 Å². The van der Waals surface area contributed by atoms with Crippen molar-refractivity contribution in [3.05, 3.63) is 45.8 Å². The third-order valence-electron chi connectivity index (χ3n) is 2.37. The highest BCUT2D eigenvalue weighted by Crippen LogP contribution is 2.19. The average molecular weight is 281 g/mol. The molecule has 0 saturated heterocycles. The summed E-state index contributed by atoms with van der Waals surface area (Å²) >= 11 is 3.46. The van der Waals surface area contributed by atoms with Gasteiger partial charge in [-0.2, -0.15) is 4.98 Å². The van der Waals surface area contributed by atoms with Gasteiger partial charge in [-0.15, -0.1) is 0 Å². The van der Waals surface area contributed by atoms with Crippen molar-refractivity contribution in [3.8, 4) is 0 Å². The van der Waals surface area contributed by atoms with Crippen LogP contribution in [0.1, 0.15) is 17.0 Å². The zero-order chi connectivity index (χ0) is 11.5. The SMILES string of the molecule is CNc1nc(Cc2cccc(Br)c2)c(C)o1. The Bertz CT molecular complexity index is 494. The van der Waals surface area contributed by atoms with Crippen LogP contribution in [0.3, 0.4) is 0 Å². The summed E-state index contributed by atoms with van der Waals surface area (Å²) in [7, 11) is 1.80. The lowest BCUT2D eigenvalue weighted by molar-refractivity contribution is 0.541. The topological polar surface area (TPSA) is 38.1 Å². The van der Waals surface area contributed by atoms with E-state index in [-0.39, 0.29) is 0 Å². The fourth-order valence-electron chi connectivity index (χ4n) is 1.54. The number of halogens is 1. The number of oxazole rings is 1. The van der Waals surface area contributed by atoms with Gasteiger partial charge in [0.25, 0.3) is 6.01 Å². The Hall–Kier alpha value is -1.29. The lowest BCUT2D eigenvalue weighted by Crippen LogP contribution is -1.92. The van der Waals surface area contributed by atoms with E-state index in [9.17, 15) is 0 Å². The number of nitrogens with zero attached hydrogens (tertiary/aromatic N) is 1. The molecule has 2 rings (SSSR count). The second kappa shape index (κ2) is 4.70. The molecule has 0 amide bonds. The molecule has 1 aromatic heterocycles. The number of hydrogen-bond donors (Lipinski definition) is 1. The Labute approximate surface area is 103 Å². The molecule has 0 unspecified atom stereocenters. The van der Waals surface area contributed by atoms with Crippen molar-refractivity contribution in [1.82, 2.24) is 4.98 Å². The minimum atomic E-state index is 0.572. The van der Waals surface area contributed by atoms with Gasteiger partial charge in [0.1, 0.15) is 5.76 Å². The van der Waals surface area contributed by atoms with Gasteiger partial charge in [-0.3, -0.25) is 0 Å². The standard InChI is InChI=1S/C12H13BrN2O/c1-8-11(15-12(14-2)16-8)7-9-4-3-5-10(13)6-9/h3-6H,7H2,1-2H3,(H,14,15). The quantitative estimate of drug-likeness (QED) is 0.937.